The second kappa shape index (κ2) is 6.23. The van der Waals surface area contributed by atoms with Crippen LogP contribution in [0, 0.1) is 5.92 Å². The van der Waals surface area contributed by atoms with E-state index in [1.807, 2.05) is 6.07 Å². The van der Waals surface area contributed by atoms with E-state index in [4.69, 9.17) is 17.2 Å². The Hall–Kier alpha value is -1.42. The van der Waals surface area contributed by atoms with Gasteiger partial charge in [-0.1, -0.05) is 13.8 Å². The molecule has 0 atom stereocenters. The molecule has 0 fully saturated rings. The number of anilines is 2. The molecule has 0 aromatic heterocycles. The van der Waals surface area contributed by atoms with Crippen molar-refractivity contribution in [3.8, 4) is 0 Å². The Morgan fingerprint density at radius 2 is 1.88 bits per heavy atom. The van der Waals surface area contributed by atoms with E-state index in [0.29, 0.717) is 23.1 Å². The number of aliphatic imine (C=N–C) groups is 1. The Bertz CT molecular complexity index is 374. The molecular weight excluding hydrogens is 224 g/mol. The molecule has 0 unspecified atom stereocenters. The van der Waals surface area contributed by atoms with Crippen molar-refractivity contribution < 1.29 is 0 Å². The first-order valence-electron chi connectivity index (χ1n) is 4.96. The van der Waals surface area contributed by atoms with Gasteiger partial charge in [0.15, 0.2) is 0 Å². The molecule has 5 heteroatoms. The monoisotopic (exact) mass is 242 g/mol. The van der Waals surface area contributed by atoms with Gasteiger partial charge in [0.05, 0.1) is 11.4 Å². The summed E-state index contributed by atoms with van der Waals surface area (Å²) in [6.07, 6.45) is 0. The maximum absolute atomic E-state index is 5.82. The molecular formula is C11H19ClN4. The number of amidine groups is 1. The molecule has 0 spiro atoms. The lowest BCUT2D eigenvalue weighted by Gasteiger charge is -2.05. The van der Waals surface area contributed by atoms with Gasteiger partial charge in [-0.25, -0.2) is 0 Å². The minimum atomic E-state index is 0. The molecule has 1 aromatic carbocycles. The third kappa shape index (κ3) is 3.98. The molecule has 6 N–H and O–H groups in total. The lowest BCUT2D eigenvalue weighted by atomic mass is 10.1. The summed E-state index contributed by atoms with van der Waals surface area (Å²) >= 11 is 0. The summed E-state index contributed by atoms with van der Waals surface area (Å²) < 4.78 is 0. The molecule has 0 amide bonds. The number of nitrogen functional groups attached to an aromatic ring is 2. The van der Waals surface area contributed by atoms with E-state index in [-0.39, 0.29) is 12.4 Å². The van der Waals surface area contributed by atoms with Gasteiger partial charge in [-0.3, -0.25) is 4.99 Å². The highest BCUT2D eigenvalue weighted by molar-refractivity contribution is 5.98. The molecule has 0 radical (unpaired) electrons. The largest absolute Gasteiger partial charge is 0.397 e. The number of halogens is 1. The molecule has 0 aliphatic heterocycles. The lowest BCUT2D eigenvalue weighted by molar-refractivity contribution is 0.665. The molecule has 0 aliphatic rings. The van der Waals surface area contributed by atoms with Crippen molar-refractivity contribution in [2.24, 2.45) is 16.6 Å². The molecule has 0 saturated carbocycles. The molecule has 4 nitrogen and oxygen atoms in total. The van der Waals surface area contributed by atoms with Crippen LogP contribution in [-0.4, -0.2) is 12.4 Å². The molecule has 1 aromatic rings. The maximum atomic E-state index is 5.82. The van der Waals surface area contributed by atoms with Crippen LogP contribution in [0.25, 0.3) is 0 Å². The Labute approximate surface area is 102 Å². The summed E-state index contributed by atoms with van der Waals surface area (Å²) in [6.45, 7) is 4.90. The molecule has 0 aliphatic carbocycles. The van der Waals surface area contributed by atoms with Crippen molar-refractivity contribution in [2.45, 2.75) is 13.8 Å². The van der Waals surface area contributed by atoms with Crippen LogP contribution in [0.4, 0.5) is 11.4 Å². The van der Waals surface area contributed by atoms with Crippen molar-refractivity contribution in [3.05, 3.63) is 23.8 Å². The van der Waals surface area contributed by atoms with Crippen LogP contribution in [0.5, 0.6) is 0 Å². The summed E-state index contributed by atoms with van der Waals surface area (Å²) in [7, 11) is 0. The van der Waals surface area contributed by atoms with Crippen molar-refractivity contribution in [1.29, 1.82) is 0 Å². The van der Waals surface area contributed by atoms with Gasteiger partial charge >= 0.3 is 0 Å². The molecule has 0 saturated heterocycles. The topological polar surface area (TPSA) is 90.4 Å². The maximum Gasteiger partial charge on any atom is 0.125 e. The highest BCUT2D eigenvalue weighted by Gasteiger charge is 2.01. The summed E-state index contributed by atoms with van der Waals surface area (Å²) in [5.41, 5.74) is 19.0. The predicted octanol–water partition coefficient (Wildman–Crippen LogP) is 1.63. The zero-order chi connectivity index (χ0) is 11.4. The number of rotatable bonds is 3. The quantitative estimate of drug-likeness (QED) is 0.428. The SMILES string of the molecule is CC(C)CN=C(N)c1ccc(N)c(N)c1.Cl. The van der Waals surface area contributed by atoms with Gasteiger partial charge < -0.3 is 17.2 Å². The number of benzene rings is 1. The van der Waals surface area contributed by atoms with Crippen molar-refractivity contribution in [2.75, 3.05) is 18.0 Å². The van der Waals surface area contributed by atoms with Crippen molar-refractivity contribution in [3.63, 3.8) is 0 Å². The average Bonchev–Trinajstić information content (AvgIpc) is 2.18. The zero-order valence-corrected chi connectivity index (χ0v) is 10.4. The number of hydrogen-bond donors (Lipinski definition) is 3. The fraction of sp³-hybridized carbons (Fsp3) is 0.364. The van der Waals surface area contributed by atoms with E-state index in [1.165, 1.54) is 0 Å². The van der Waals surface area contributed by atoms with Crippen LogP contribution in [0.1, 0.15) is 19.4 Å². The van der Waals surface area contributed by atoms with Gasteiger partial charge in [-0.05, 0) is 24.1 Å². The number of nitrogens with two attached hydrogens (primary N) is 3. The predicted molar refractivity (Wildman–Crippen MR) is 72.9 cm³/mol. The number of nitrogens with zero attached hydrogens (tertiary/aromatic N) is 1. The highest BCUT2D eigenvalue weighted by atomic mass is 35.5. The van der Waals surface area contributed by atoms with Crippen LogP contribution < -0.4 is 17.2 Å². The van der Waals surface area contributed by atoms with E-state index >= 15 is 0 Å². The normalized spacial score (nSPS) is 11.3. The number of hydrogen-bond acceptors (Lipinski definition) is 3. The summed E-state index contributed by atoms with van der Waals surface area (Å²) in [5.74, 6) is 1.00. The average molecular weight is 243 g/mol. The first kappa shape index (κ1) is 14.6. The van der Waals surface area contributed by atoms with E-state index in [2.05, 4.69) is 18.8 Å². The second-order valence-corrected chi connectivity index (χ2v) is 3.96. The van der Waals surface area contributed by atoms with Crippen molar-refractivity contribution in [1.82, 2.24) is 0 Å². The first-order chi connectivity index (χ1) is 7.00. The van der Waals surface area contributed by atoms with Crippen LogP contribution in [0.15, 0.2) is 23.2 Å². The minimum Gasteiger partial charge on any atom is -0.397 e. The summed E-state index contributed by atoms with van der Waals surface area (Å²) in [5, 5.41) is 0. The highest BCUT2D eigenvalue weighted by Crippen LogP contribution is 2.15. The minimum absolute atomic E-state index is 0. The molecule has 0 heterocycles. The second-order valence-electron chi connectivity index (χ2n) is 3.96. The van der Waals surface area contributed by atoms with Crippen LogP contribution in [0.2, 0.25) is 0 Å². The van der Waals surface area contributed by atoms with E-state index < -0.39 is 0 Å². The molecule has 0 bridgehead atoms. The standard InChI is InChI=1S/C11H18N4.ClH/c1-7(2)6-15-11(14)8-3-4-9(12)10(13)5-8;/h3-5,7H,6,12-13H2,1-2H3,(H2,14,15);1H. The van der Waals surface area contributed by atoms with E-state index in [9.17, 15) is 0 Å². The van der Waals surface area contributed by atoms with Gasteiger partial charge in [-0.15, -0.1) is 12.4 Å². The van der Waals surface area contributed by atoms with Gasteiger partial charge in [0.25, 0.3) is 0 Å². The molecule has 1 rings (SSSR count). The third-order valence-electron chi connectivity index (χ3n) is 2.01. The Kier molecular flexibility index (Phi) is 5.67. The smallest absolute Gasteiger partial charge is 0.125 e. The fourth-order valence-electron chi connectivity index (χ4n) is 1.11. The zero-order valence-electron chi connectivity index (χ0n) is 9.60. The van der Waals surface area contributed by atoms with E-state index in [1.54, 1.807) is 12.1 Å². The Morgan fingerprint density at radius 1 is 1.25 bits per heavy atom. The van der Waals surface area contributed by atoms with Crippen LogP contribution >= 0.6 is 12.4 Å². The van der Waals surface area contributed by atoms with E-state index in [0.717, 1.165) is 12.1 Å². The van der Waals surface area contributed by atoms with Crippen LogP contribution in [0.3, 0.4) is 0 Å². The Morgan fingerprint density at radius 3 is 2.38 bits per heavy atom. The summed E-state index contributed by atoms with van der Waals surface area (Å²) in [6, 6.07) is 5.31. The van der Waals surface area contributed by atoms with Gasteiger partial charge in [-0.2, -0.15) is 0 Å². The third-order valence-corrected chi connectivity index (χ3v) is 2.01. The fourth-order valence-corrected chi connectivity index (χ4v) is 1.11. The first-order valence-corrected chi connectivity index (χ1v) is 4.96. The molecule has 16 heavy (non-hydrogen) atoms. The van der Waals surface area contributed by atoms with Gasteiger partial charge in [0.1, 0.15) is 5.84 Å². The molecule has 90 valence electrons. The lowest BCUT2D eigenvalue weighted by Crippen LogP contribution is -2.15. The van der Waals surface area contributed by atoms with Crippen molar-refractivity contribution >= 4 is 29.6 Å². The summed E-state index contributed by atoms with van der Waals surface area (Å²) in [4.78, 5) is 4.26. The van der Waals surface area contributed by atoms with Crippen LogP contribution in [-0.2, 0) is 0 Å². The van der Waals surface area contributed by atoms with Gasteiger partial charge in [0, 0.05) is 12.1 Å². The Balaban J connectivity index is 0.00000225. The van der Waals surface area contributed by atoms with Gasteiger partial charge in [0.2, 0.25) is 0 Å².